The molecule has 0 radical (unpaired) electrons. The number of benzene rings is 1. The molecule has 3 aromatic rings. The van der Waals surface area contributed by atoms with Crippen LogP contribution in [0.2, 0.25) is 0 Å². The molecule has 126 valence electrons. The minimum atomic E-state index is -0.202. The summed E-state index contributed by atoms with van der Waals surface area (Å²) in [6.07, 6.45) is 0.858. The van der Waals surface area contributed by atoms with Crippen LogP contribution in [0.1, 0.15) is 19.2 Å². The molecule has 2 aromatic heterocycles. The van der Waals surface area contributed by atoms with E-state index in [1.807, 2.05) is 31.2 Å². The highest BCUT2D eigenvalue weighted by Crippen LogP contribution is 2.23. The fraction of sp³-hybridized carbons (Fsp3) is 0.333. The van der Waals surface area contributed by atoms with Gasteiger partial charge in [0.15, 0.2) is 11.0 Å². The van der Waals surface area contributed by atoms with Crippen LogP contribution in [0.25, 0.3) is 11.5 Å². The topological polar surface area (TPSA) is 98.8 Å². The molecular weight excluding hydrogens is 330 g/mol. The van der Waals surface area contributed by atoms with Crippen molar-refractivity contribution in [2.75, 3.05) is 7.11 Å². The molecule has 0 saturated heterocycles. The Balaban J connectivity index is 1.69. The van der Waals surface area contributed by atoms with Crippen molar-refractivity contribution in [1.29, 1.82) is 0 Å². The van der Waals surface area contributed by atoms with Crippen LogP contribution in [0.4, 0.5) is 0 Å². The summed E-state index contributed by atoms with van der Waals surface area (Å²) < 4.78 is 12.0. The Labute approximate surface area is 142 Å². The van der Waals surface area contributed by atoms with Crippen LogP contribution < -0.4 is 10.4 Å². The third-order valence-corrected chi connectivity index (χ3v) is 4.28. The minimum absolute atomic E-state index is 0.202. The first-order valence-electron chi connectivity index (χ1n) is 7.46. The molecule has 1 N–H and O–H groups in total. The van der Waals surface area contributed by atoms with Crippen molar-refractivity contribution in [2.45, 2.75) is 30.8 Å². The molecule has 0 spiro atoms. The van der Waals surface area contributed by atoms with Crippen LogP contribution in [-0.2, 0) is 12.3 Å². The van der Waals surface area contributed by atoms with E-state index in [1.165, 1.54) is 11.8 Å². The fourth-order valence-electron chi connectivity index (χ4n) is 2.13. The fourth-order valence-corrected chi connectivity index (χ4v) is 2.94. The van der Waals surface area contributed by atoms with Gasteiger partial charge in [0.05, 0.1) is 12.9 Å². The SMILES string of the molecule is CCCn1c(SCc2noc(-c3ccc(OC)cc3)n2)n[nH]c1=O. The van der Waals surface area contributed by atoms with Gasteiger partial charge in [-0.25, -0.2) is 9.89 Å². The maximum atomic E-state index is 11.7. The van der Waals surface area contributed by atoms with Gasteiger partial charge in [-0.3, -0.25) is 4.57 Å². The standard InChI is InChI=1S/C15H17N5O3S/c1-3-8-20-14(21)17-18-15(20)24-9-12-16-13(23-19-12)10-4-6-11(22-2)7-5-10/h4-7H,3,8-9H2,1-2H3,(H,17,21). The number of methoxy groups -OCH3 is 1. The number of nitrogens with zero attached hydrogens (tertiary/aromatic N) is 4. The van der Waals surface area contributed by atoms with Gasteiger partial charge in [-0.2, -0.15) is 4.98 Å². The lowest BCUT2D eigenvalue weighted by Crippen LogP contribution is -2.17. The van der Waals surface area contributed by atoms with Gasteiger partial charge in [0.2, 0.25) is 0 Å². The maximum absolute atomic E-state index is 11.7. The van der Waals surface area contributed by atoms with Crippen molar-refractivity contribution in [3.8, 4) is 17.2 Å². The molecule has 0 unspecified atom stereocenters. The van der Waals surface area contributed by atoms with E-state index in [0.717, 1.165) is 17.7 Å². The second-order valence-corrected chi connectivity index (χ2v) is 5.94. The largest absolute Gasteiger partial charge is 0.497 e. The number of ether oxygens (including phenoxy) is 1. The summed E-state index contributed by atoms with van der Waals surface area (Å²) in [6.45, 7) is 2.63. The Kier molecular flexibility index (Phi) is 4.99. The van der Waals surface area contributed by atoms with Crippen LogP contribution in [0.3, 0.4) is 0 Å². The lowest BCUT2D eigenvalue weighted by Gasteiger charge is -2.01. The maximum Gasteiger partial charge on any atom is 0.343 e. The van der Waals surface area contributed by atoms with Crippen molar-refractivity contribution < 1.29 is 9.26 Å². The zero-order valence-electron chi connectivity index (χ0n) is 13.4. The average molecular weight is 347 g/mol. The lowest BCUT2D eigenvalue weighted by molar-refractivity contribution is 0.414. The first-order chi connectivity index (χ1) is 11.7. The predicted molar refractivity (Wildman–Crippen MR) is 89.0 cm³/mol. The van der Waals surface area contributed by atoms with E-state index in [9.17, 15) is 4.79 Å². The van der Waals surface area contributed by atoms with Crippen molar-refractivity contribution in [2.24, 2.45) is 0 Å². The highest BCUT2D eigenvalue weighted by molar-refractivity contribution is 7.98. The number of rotatable bonds is 7. The van der Waals surface area contributed by atoms with Crippen LogP contribution in [-0.4, -0.2) is 32.0 Å². The molecule has 0 atom stereocenters. The normalized spacial score (nSPS) is 10.9. The number of H-pyrrole nitrogens is 1. The first kappa shape index (κ1) is 16.3. The van der Waals surface area contributed by atoms with Crippen molar-refractivity contribution in [1.82, 2.24) is 24.9 Å². The van der Waals surface area contributed by atoms with Crippen LogP contribution >= 0.6 is 11.8 Å². The molecular formula is C15H17N5O3S. The molecule has 24 heavy (non-hydrogen) atoms. The molecule has 8 nitrogen and oxygen atoms in total. The van der Waals surface area contributed by atoms with Crippen molar-refractivity contribution in [3.05, 3.63) is 40.6 Å². The third kappa shape index (κ3) is 3.51. The highest BCUT2D eigenvalue weighted by Gasteiger charge is 2.12. The lowest BCUT2D eigenvalue weighted by atomic mass is 10.2. The first-order valence-corrected chi connectivity index (χ1v) is 8.45. The van der Waals surface area contributed by atoms with Gasteiger partial charge in [-0.05, 0) is 30.7 Å². The van der Waals surface area contributed by atoms with Gasteiger partial charge in [-0.1, -0.05) is 23.8 Å². The number of aromatic amines is 1. The zero-order chi connectivity index (χ0) is 16.9. The molecule has 1 aromatic carbocycles. The van der Waals surface area contributed by atoms with E-state index in [2.05, 4.69) is 20.3 Å². The molecule has 0 bridgehead atoms. The number of hydrogen-bond acceptors (Lipinski definition) is 7. The van der Waals surface area contributed by atoms with Crippen LogP contribution in [0, 0.1) is 0 Å². The average Bonchev–Trinajstić information content (AvgIpc) is 3.21. The molecule has 2 heterocycles. The molecule has 9 heteroatoms. The molecule has 0 aliphatic heterocycles. The van der Waals surface area contributed by atoms with Crippen LogP contribution in [0.5, 0.6) is 5.75 Å². The van der Waals surface area contributed by atoms with Gasteiger partial charge < -0.3 is 9.26 Å². The van der Waals surface area contributed by atoms with E-state index >= 15 is 0 Å². The number of nitrogens with one attached hydrogen (secondary N) is 1. The Morgan fingerprint density at radius 3 is 2.83 bits per heavy atom. The highest BCUT2D eigenvalue weighted by atomic mass is 32.2. The Morgan fingerprint density at radius 1 is 1.33 bits per heavy atom. The summed E-state index contributed by atoms with van der Waals surface area (Å²) >= 11 is 1.39. The minimum Gasteiger partial charge on any atom is -0.497 e. The number of hydrogen-bond donors (Lipinski definition) is 1. The van der Waals surface area contributed by atoms with Crippen molar-refractivity contribution >= 4 is 11.8 Å². The smallest absolute Gasteiger partial charge is 0.343 e. The molecule has 0 amide bonds. The second kappa shape index (κ2) is 7.35. The number of thioether (sulfide) groups is 1. The predicted octanol–water partition coefficient (Wildman–Crippen LogP) is 2.33. The van der Waals surface area contributed by atoms with E-state index in [0.29, 0.717) is 29.2 Å². The molecule has 0 aliphatic rings. The zero-order valence-corrected chi connectivity index (χ0v) is 14.2. The van der Waals surface area contributed by atoms with Gasteiger partial charge in [0.1, 0.15) is 5.75 Å². The van der Waals surface area contributed by atoms with Gasteiger partial charge in [0.25, 0.3) is 5.89 Å². The summed E-state index contributed by atoms with van der Waals surface area (Å²) in [6, 6.07) is 7.38. The molecule has 0 fully saturated rings. The Bertz CT molecular complexity index is 853. The molecule has 0 saturated carbocycles. The summed E-state index contributed by atoms with van der Waals surface area (Å²) in [5, 5.41) is 11.1. The third-order valence-electron chi connectivity index (χ3n) is 3.31. The van der Waals surface area contributed by atoms with Crippen molar-refractivity contribution in [3.63, 3.8) is 0 Å². The summed E-state index contributed by atoms with van der Waals surface area (Å²) in [5.41, 5.74) is 0.619. The quantitative estimate of drug-likeness (QED) is 0.655. The van der Waals surface area contributed by atoms with E-state index in [4.69, 9.17) is 9.26 Å². The Morgan fingerprint density at radius 2 is 2.12 bits per heavy atom. The monoisotopic (exact) mass is 347 g/mol. The summed E-state index contributed by atoms with van der Waals surface area (Å²) in [5.74, 6) is 2.22. The van der Waals surface area contributed by atoms with E-state index in [-0.39, 0.29) is 5.69 Å². The van der Waals surface area contributed by atoms with Crippen LogP contribution in [0.15, 0.2) is 38.7 Å². The second-order valence-electron chi connectivity index (χ2n) is 5.00. The number of aromatic nitrogens is 5. The molecule has 0 aliphatic carbocycles. The van der Waals surface area contributed by atoms with Gasteiger partial charge in [-0.15, -0.1) is 5.10 Å². The summed E-state index contributed by atoms with van der Waals surface area (Å²) in [7, 11) is 1.62. The Hall–Kier alpha value is -2.55. The molecule has 3 rings (SSSR count). The summed E-state index contributed by atoms with van der Waals surface area (Å²) in [4.78, 5) is 16.0. The van der Waals surface area contributed by atoms with Gasteiger partial charge >= 0.3 is 5.69 Å². The van der Waals surface area contributed by atoms with E-state index < -0.39 is 0 Å². The van der Waals surface area contributed by atoms with Gasteiger partial charge in [0, 0.05) is 12.1 Å². The van der Waals surface area contributed by atoms with E-state index in [1.54, 1.807) is 11.7 Å².